The van der Waals surface area contributed by atoms with E-state index in [4.69, 9.17) is 0 Å². The zero-order chi connectivity index (χ0) is 20.4. The zero-order valence-electron chi connectivity index (χ0n) is 17.3. The molecule has 0 saturated carbocycles. The second-order valence-corrected chi connectivity index (χ2v) is 9.03. The third kappa shape index (κ3) is 4.58. The van der Waals surface area contributed by atoms with Gasteiger partial charge in [-0.25, -0.2) is 0 Å². The molecule has 3 saturated heterocycles. The minimum Gasteiger partial charge on any atom is -0.508 e. The lowest BCUT2D eigenvalue weighted by Crippen LogP contribution is -2.66. The largest absolute Gasteiger partial charge is 0.508 e. The molecule has 6 nitrogen and oxygen atoms in total. The van der Waals surface area contributed by atoms with Gasteiger partial charge in [0.1, 0.15) is 5.75 Å². The average molecular weight is 400 g/mol. The zero-order valence-corrected chi connectivity index (χ0v) is 17.3. The number of aromatic hydroxyl groups is 1. The van der Waals surface area contributed by atoms with E-state index in [1.807, 2.05) is 12.1 Å². The summed E-state index contributed by atoms with van der Waals surface area (Å²) in [7, 11) is 0. The number of phenols is 1. The Morgan fingerprint density at radius 3 is 2.66 bits per heavy atom. The second-order valence-electron chi connectivity index (χ2n) is 9.03. The molecule has 3 heterocycles. The summed E-state index contributed by atoms with van der Waals surface area (Å²) in [5.41, 5.74) is 1.08. The van der Waals surface area contributed by atoms with Crippen LogP contribution in [-0.4, -0.2) is 65.0 Å². The Balaban J connectivity index is 1.42. The number of amides is 2. The normalized spacial score (nSPS) is 29.2. The number of rotatable bonds is 5. The summed E-state index contributed by atoms with van der Waals surface area (Å²) < 4.78 is 0. The van der Waals surface area contributed by atoms with Crippen molar-refractivity contribution in [2.45, 2.75) is 57.5 Å². The van der Waals surface area contributed by atoms with Gasteiger partial charge in [-0.1, -0.05) is 18.6 Å². The van der Waals surface area contributed by atoms with Crippen molar-refractivity contribution in [2.24, 2.45) is 11.8 Å². The maximum Gasteiger partial charge on any atom is 0.222 e. The van der Waals surface area contributed by atoms with Gasteiger partial charge in [-0.2, -0.15) is 0 Å². The SMILES string of the molecule is CC(=O)NC[C@H]1[C@H]2C[C@H](CN(C(=O)CCc3ccc(O)cc3)C2)[C@@H]2CCCCN21. The number of benzene rings is 1. The molecule has 0 radical (unpaired) electrons. The highest BCUT2D eigenvalue weighted by atomic mass is 16.3. The molecule has 2 bridgehead atoms. The molecule has 0 aliphatic carbocycles. The Morgan fingerprint density at radius 2 is 1.90 bits per heavy atom. The van der Waals surface area contributed by atoms with E-state index in [1.54, 1.807) is 19.1 Å². The molecule has 2 amide bonds. The van der Waals surface area contributed by atoms with Gasteiger partial charge in [0.2, 0.25) is 11.8 Å². The van der Waals surface area contributed by atoms with E-state index in [2.05, 4.69) is 15.1 Å². The van der Waals surface area contributed by atoms with Crippen molar-refractivity contribution in [3.63, 3.8) is 0 Å². The Hall–Kier alpha value is -2.08. The van der Waals surface area contributed by atoms with E-state index in [0.717, 1.165) is 25.2 Å². The topological polar surface area (TPSA) is 72.9 Å². The van der Waals surface area contributed by atoms with Crippen LogP contribution in [0, 0.1) is 11.8 Å². The first-order chi connectivity index (χ1) is 14.0. The van der Waals surface area contributed by atoms with Crippen molar-refractivity contribution in [2.75, 3.05) is 26.2 Å². The van der Waals surface area contributed by atoms with Crippen molar-refractivity contribution in [1.29, 1.82) is 0 Å². The smallest absolute Gasteiger partial charge is 0.222 e. The van der Waals surface area contributed by atoms with Crippen molar-refractivity contribution in [1.82, 2.24) is 15.1 Å². The lowest BCUT2D eigenvalue weighted by molar-refractivity contribution is -0.141. The first-order valence-corrected chi connectivity index (χ1v) is 11.1. The Kier molecular flexibility index (Phi) is 6.09. The van der Waals surface area contributed by atoms with Crippen LogP contribution in [-0.2, 0) is 16.0 Å². The molecule has 3 aliphatic rings. The molecule has 0 aromatic heterocycles. The average Bonchev–Trinajstić information content (AvgIpc) is 2.72. The fourth-order valence-electron chi connectivity index (χ4n) is 5.71. The van der Waals surface area contributed by atoms with Crippen molar-refractivity contribution >= 4 is 11.8 Å². The highest BCUT2D eigenvalue weighted by Gasteiger charge is 2.47. The molecule has 0 unspecified atom stereocenters. The number of nitrogens with one attached hydrogen (secondary N) is 1. The minimum absolute atomic E-state index is 0.0262. The van der Waals surface area contributed by atoms with E-state index in [9.17, 15) is 14.7 Å². The molecule has 3 fully saturated rings. The van der Waals surface area contributed by atoms with Crippen LogP contribution in [0.1, 0.15) is 44.6 Å². The monoisotopic (exact) mass is 399 g/mol. The first kappa shape index (κ1) is 20.2. The highest BCUT2D eigenvalue weighted by Crippen LogP contribution is 2.41. The summed E-state index contributed by atoms with van der Waals surface area (Å²) in [6, 6.07) is 8.01. The number of hydrogen-bond acceptors (Lipinski definition) is 4. The summed E-state index contributed by atoms with van der Waals surface area (Å²) >= 11 is 0. The van der Waals surface area contributed by atoms with Gasteiger partial charge in [0.15, 0.2) is 0 Å². The van der Waals surface area contributed by atoms with Crippen molar-refractivity contribution in [3.05, 3.63) is 29.8 Å². The highest BCUT2D eigenvalue weighted by molar-refractivity contribution is 5.76. The van der Waals surface area contributed by atoms with E-state index in [0.29, 0.717) is 43.3 Å². The molecule has 2 N–H and O–H groups in total. The minimum atomic E-state index is 0.0262. The van der Waals surface area contributed by atoms with Gasteiger partial charge in [0.25, 0.3) is 0 Å². The number of nitrogens with zero attached hydrogens (tertiary/aromatic N) is 2. The maximum absolute atomic E-state index is 13.0. The number of carbonyl (C=O) groups excluding carboxylic acids is 2. The predicted octanol–water partition coefficient (Wildman–Crippen LogP) is 2.16. The van der Waals surface area contributed by atoms with Gasteiger partial charge < -0.3 is 15.3 Å². The molecule has 1 aromatic carbocycles. The van der Waals surface area contributed by atoms with E-state index in [1.165, 1.54) is 25.7 Å². The van der Waals surface area contributed by atoms with Gasteiger partial charge in [-0.3, -0.25) is 14.5 Å². The lowest BCUT2D eigenvalue weighted by Gasteiger charge is -2.56. The summed E-state index contributed by atoms with van der Waals surface area (Å²) in [4.78, 5) is 29.3. The Bertz CT molecular complexity index is 735. The summed E-state index contributed by atoms with van der Waals surface area (Å²) in [5, 5.41) is 12.5. The molecule has 158 valence electrons. The number of piperidine rings is 3. The number of phenolic OH excluding ortho intramolecular Hbond substituents is 1. The fraction of sp³-hybridized carbons (Fsp3) is 0.652. The summed E-state index contributed by atoms with van der Waals surface area (Å²) in [6.45, 7) is 5.08. The van der Waals surface area contributed by atoms with Crippen LogP contribution in [0.5, 0.6) is 5.75 Å². The van der Waals surface area contributed by atoms with Gasteiger partial charge in [0.05, 0.1) is 0 Å². The molecule has 0 spiro atoms. The van der Waals surface area contributed by atoms with Gasteiger partial charge in [-0.05, 0) is 61.8 Å². The third-order valence-electron chi connectivity index (χ3n) is 7.10. The third-order valence-corrected chi connectivity index (χ3v) is 7.10. The van der Waals surface area contributed by atoms with Crippen LogP contribution in [0.3, 0.4) is 0 Å². The lowest BCUT2D eigenvalue weighted by atomic mass is 9.72. The van der Waals surface area contributed by atoms with E-state index < -0.39 is 0 Å². The molecule has 4 rings (SSSR count). The first-order valence-electron chi connectivity index (χ1n) is 11.1. The van der Waals surface area contributed by atoms with Crippen LogP contribution >= 0.6 is 0 Å². The quantitative estimate of drug-likeness (QED) is 0.796. The number of carbonyl (C=O) groups is 2. The van der Waals surface area contributed by atoms with Crippen LogP contribution in [0.4, 0.5) is 0 Å². The van der Waals surface area contributed by atoms with E-state index >= 15 is 0 Å². The molecular formula is C23H33N3O3. The standard InChI is InChI=1S/C23H33N3O3/c1-16(27)24-13-22-19-12-18(21-4-2-3-11-26(21)22)14-25(15-19)23(29)10-7-17-5-8-20(28)9-6-17/h5-6,8-9,18-19,21-22,28H,2-4,7,10-15H2,1H3,(H,24,27)/t18-,19+,21+,22+/m1/s1. The molecule has 1 aromatic rings. The van der Waals surface area contributed by atoms with E-state index in [-0.39, 0.29) is 17.6 Å². The van der Waals surface area contributed by atoms with Gasteiger partial charge >= 0.3 is 0 Å². The van der Waals surface area contributed by atoms with Crippen LogP contribution in [0.2, 0.25) is 0 Å². The fourth-order valence-corrected chi connectivity index (χ4v) is 5.71. The predicted molar refractivity (Wildman–Crippen MR) is 111 cm³/mol. The molecule has 6 heteroatoms. The molecule has 29 heavy (non-hydrogen) atoms. The summed E-state index contributed by atoms with van der Waals surface area (Å²) in [6.07, 6.45) is 6.10. The Labute approximate surface area is 173 Å². The molecular weight excluding hydrogens is 366 g/mol. The molecule has 4 atom stereocenters. The van der Waals surface area contributed by atoms with Crippen LogP contribution in [0.15, 0.2) is 24.3 Å². The number of likely N-dealkylation sites (tertiary alicyclic amines) is 1. The number of fused-ring (bicyclic) bond motifs is 4. The van der Waals surface area contributed by atoms with Crippen LogP contribution in [0.25, 0.3) is 0 Å². The van der Waals surface area contributed by atoms with Crippen LogP contribution < -0.4 is 5.32 Å². The van der Waals surface area contributed by atoms with Crippen molar-refractivity contribution in [3.8, 4) is 5.75 Å². The summed E-state index contributed by atoms with van der Waals surface area (Å²) in [5.74, 6) is 1.51. The maximum atomic E-state index is 13.0. The Morgan fingerprint density at radius 1 is 1.14 bits per heavy atom. The number of hydrogen-bond donors (Lipinski definition) is 2. The second kappa shape index (κ2) is 8.74. The van der Waals surface area contributed by atoms with Crippen molar-refractivity contribution < 1.29 is 14.7 Å². The van der Waals surface area contributed by atoms with Gasteiger partial charge in [-0.15, -0.1) is 0 Å². The molecule has 3 aliphatic heterocycles. The number of aryl methyl sites for hydroxylation is 1. The van der Waals surface area contributed by atoms with Gasteiger partial charge in [0, 0.05) is 45.1 Å².